The second-order valence-electron chi connectivity index (χ2n) is 4.90. The average Bonchev–Trinajstić information content (AvgIpc) is 2.50. The molecular weight excluding hydrogens is 180 g/mol. The van der Waals surface area contributed by atoms with Crippen molar-refractivity contribution in [2.24, 2.45) is 5.41 Å². The maximum absolute atomic E-state index is 10.7. The van der Waals surface area contributed by atoms with E-state index in [-0.39, 0.29) is 12.2 Å². The largest absolute Gasteiger partial charge is 0.443 e. The van der Waals surface area contributed by atoms with Crippen molar-refractivity contribution in [1.29, 1.82) is 0 Å². The molecule has 0 bridgehead atoms. The fraction of sp³-hybridized carbons (Fsp3) is 0.900. The Hall–Kier alpha value is -0.770. The number of nitrogens with one attached hydrogen (secondary N) is 2. The molecule has 2 atom stereocenters. The Kier molecular flexibility index (Phi) is 2.39. The minimum absolute atomic E-state index is 0.0129. The summed E-state index contributed by atoms with van der Waals surface area (Å²) in [7, 11) is 0. The molecule has 0 aromatic carbocycles. The summed E-state index contributed by atoms with van der Waals surface area (Å²) in [5.74, 6) is 0. The highest BCUT2D eigenvalue weighted by molar-refractivity contribution is 5.69. The van der Waals surface area contributed by atoms with Crippen LogP contribution < -0.4 is 10.6 Å². The molecule has 2 rings (SSSR count). The van der Waals surface area contributed by atoms with Crippen molar-refractivity contribution < 1.29 is 9.53 Å². The molecule has 1 amide bonds. The lowest BCUT2D eigenvalue weighted by molar-refractivity contribution is 0.0882. The molecule has 14 heavy (non-hydrogen) atoms. The van der Waals surface area contributed by atoms with Crippen LogP contribution in [-0.2, 0) is 4.74 Å². The van der Waals surface area contributed by atoms with Crippen LogP contribution in [0.4, 0.5) is 4.79 Å². The van der Waals surface area contributed by atoms with Crippen LogP contribution in [0, 0.1) is 5.41 Å². The zero-order valence-corrected chi connectivity index (χ0v) is 8.80. The molecule has 2 N–H and O–H groups in total. The van der Waals surface area contributed by atoms with Gasteiger partial charge in [0, 0.05) is 12.6 Å². The molecule has 2 fully saturated rings. The van der Waals surface area contributed by atoms with E-state index >= 15 is 0 Å². The van der Waals surface area contributed by atoms with Crippen LogP contribution in [0.25, 0.3) is 0 Å². The van der Waals surface area contributed by atoms with E-state index in [0.29, 0.717) is 18.0 Å². The van der Waals surface area contributed by atoms with Crippen LogP contribution in [0.15, 0.2) is 0 Å². The Bertz CT molecular complexity index is 240. The molecule has 1 aliphatic carbocycles. The van der Waals surface area contributed by atoms with Gasteiger partial charge < -0.3 is 15.4 Å². The van der Waals surface area contributed by atoms with E-state index in [1.165, 1.54) is 12.8 Å². The third kappa shape index (κ3) is 1.85. The van der Waals surface area contributed by atoms with E-state index in [2.05, 4.69) is 24.5 Å². The van der Waals surface area contributed by atoms with Crippen LogP contribution in [0.2, 0.25) is 0 Å². The van der Waals surface area contributed by atoms with Gasteiger partial charge in [-0.2, -0.15) is 0 Å². The fourth-order valence-electron chi connectivity index (χ4n) is 2.06. The number of hydrogen-bond acceptors (Lipinski definition) is 3. The molecule has 2 unspecified atom stereocenters. The monoisotopic (exact) mass is 198 g/mol. The average molecular weight is 198 g/mol. The first-order valence-electron chi connectivity index (χ1n) is 5.26. The van der Waals surface area contributed by atoms with Gasteiger partial charge in [-0.1, -0.05) is 13.8 Å². The Morgan fingerprint density at radius 2 is 2.43 bits per heavy atom. The van der Waals surface area contributed by atoms with Gasteiger partial charge in [0.1, 0.15) is 6.10 Å². The molecular formula is C10H18N2O2. The zero-order chi connectivity index (χ0) is 10.2. The van der Waals surface area contributed by atoms with Gasteiger partial charge in [0.15, 0.2) is 0 Å². The summed E-state index contributed by atoms with van der Waals surface area (Å²) in [6.07, 6.45) is 2.25. The number of hydrogen-bond donors (Lipinski definition) is 2. The lowest BCUT2D eigenvalue weighted by Gasteiger charge is -2.45. The summed E-state index contributed by atoms with van der Waals surface area (Å²) in [5.41, 5.74) is 0.413. The van der Waals surface area contributed by atoms with Crippen molar-refractivity contribution >= 4 is 6.09 Å². The molecule has 0 aromatic heterocycles. The second-order valence-corrected chi connectivity index (χ2v) is 4.90. The lowest BCUT2D eigenvalue weighted by atomic mass is 9.67. The van der Waals surface area contributed by atoms with Gasteiger partial charge in [-0.15, -0.1) is 0 Å². The van der Waals surface area contributed by atoms with Gasteiger partial charge in [-0.25, -0.2) is 4.79 Å². The fourth-order valence-corrected chi connectivity index (χ4v) is 2.06. The first kappa shape index (κ1) is 9.77. The molecule has 0 radical (unpaired) electrons. The van der Waals surface area contributed by atoms with E-state index in [1.54, 1.807) is 0 Å². The lowest BCUT2D eigenvalue weighted by Crippen LogP contribution is -2.52. The Morgan fingerprint density at radius 3 is 2.86 bits per heavy atom. The highest BCUT2D eigenvalue weighted by atomic mass is 16.6. The van der Waals surface area contributed by atoms with E-state index in [9.17, 15) is 4.79 Å². The highest BCUT2D eigenvalue weighted by Gasteiger charge is 2.38. The van der Waals surface area contributed by atoms with Crippen molar-refractivity contribution in [1.82, 2.24) is 10.6 Å². The molecule has 1 heterocycles. The van der Waals surface area contributed by atoms with Crippen LogP contribution in [0.5, 0.6) is 0 Å². The molecule has 1 aliphatic heterocycles. The highest BCUT2D eigenvalue weighted by Crippen LogP contribution is 2.39. The quantitative estimate of drug-likeness (QED) is 0.707. The van der Waals surface area contributed by atoms with Crippen molar-refractivity contribution in [2.45, 2.75) is 38.8 Å². The normalized spacial score (nSPS) is 34.6. The first-order valence-corrected chi connectivity index (χ1v) is 5.26. The number of ether oxygens (including phenoxy) is 1. The van der Waals surface area contributed by atoms with Gasteiger partial charge in [0.25, 0.3) is 0 Å². The molecule has 1 saturated carbocycles. The van der Waals surface area contributed by atoms with Crippen molar-refractivity contribution in [2.75, 3.05) is 13.1 Å². The summed E-state index contributed by atoms with van der Waals surface area (Å²) < 4.78 is 5.04. The zero-order valence-electron chi connectivity index (χ0n) is 8.80. The molecule has 4 nitrogen and oxygen atoms in total. The summed E-state index contributed by atoms with van der Waals surface area (Å²) in [4.78, 5) is 10.7. The summed E-state index contributed by atoms with van der Waals surface area (Å²) >= 11 is 0. The number of rotatable bonds is 3. The van der Waals surface area contributed by atoms with Crippen molar-refractivity contribution in [3.63, 3.8) is 0 Å². The topological polar surface area (TPSA) is 50.4 Å². The first-order chi connectivity index (χ1) is 6.58. The molecule has 1 saturated heterocycles. The smallest absolute Gasteiger partial charge is 0.407 e. The van der Waals surface area contributed by atoms with Gasteiger partial charge in [0.05, 0.1) is 6.54 Å². The predicted octanol–water partition coefficient (Wildman–Crippen LogP) is 0.873. The Balaban J connectivity index is 1.70. The Morgan fingerprint density at radius 1 is 1.64 bits per heavy atom. The van der Waals surface area contributed by atoms with E-state index in [4.69, 9.17) is 4.74 Å². The maximum atomic E-state index is 10.7. The second kappa shape index (κ2) is 3.42. The van der Waals surface area contributed by atoms with Gasteiger partial charge in [-0.3, -0.25) is 0 Å². The molecule has 4 heteroatoms. The number of carbonyl (C=O) groups is 1. The number of alkyl carbamates (subject to hydrolysis) is 1. The maximum Gasteiger partial charge on any atom is 0.407 e. The van der Waals surface area contributed by atoms with Gasteiger partial charge in [0.2, 0.25) is 0 Å². The summed E-state index contributed by atoms with van der Waals surface area (Å²) in [6.45, 7) is 5.95. The molecule has 0 aromatic rings. The van der Waals surface area contributed by atoms with Crippen molar-refractivity contribution in [3.8, 4) is 0 Å². The van der Waals surface area contributed by atoms with E-state index in [0.717, 1.165) is 6.54 Å². The minimum Gasteiger partial charge on any atom is -0.443 e. The van der Waals surface area contributed by atoms with Crippen LogP contribution >= 0.6 is 0 Å². The van der Waals surface area contributed by atoms with Gasteiger partial charge >= 0.3 is 6.09 Å². The predicted molar refractivity (Wildman–Crippen MR) is 53.1 cm³/mol. The Labute approximate surface area is 84.4 Å². The van der Waals surface area contributed by atoms with E-state index in [1.807, 2.05) is 0 Å². The van der Waals surface area contributed by atoms with Crippen LogP contribution in [0.1, 0.15) is 26.7 Å². The molecule has 2 aliphatic rings. The SMILES string of the molecule is CC1(C)CCC1NCC1CNC(=O)O1. The minimum atomic E-state index is -0.287. The van der Waals surface area contributed by atoms with Crippen LogP contribution in [0.3, 0.4) is 0 Å². The standard InChI is InChI=1S/C10H18N2O2/c1-10(2)4-3-8(10)11-5-7-6-12-9(13)14-7/h7-8,11H,3-6H2,1-2H3,(H,12,13). The number of carbonyl (C=O) groups excluding carboxylic acids is 1. The number of amides is 1. The number of cyclic esters (lactones) is 1. The van der Waals surface area contributed by atoms with Crippen LogP contribution in [-0.4, -0.2) is 31.3 Å². The van der Waals surface area contributed by atoms with Gasteiger partial charge in [-0.05, 0) is 18.3 Å². The summed E-state index contributed by atoms with van der Waals surface area (Å²) in [6, 6.07) is 0.585. The van der Waals surface area contributed by atoms with E-state index < -0.39 is 0 Å². The summed E-state index contributed by atoms with van der Waals surface area (Å²) in [5, 5.41) is 6.10. The van der Waals surface area contributed by atoms with Crippen molar-refractivity contribution in [3.05, 3.63) is 0 Å². The molecule has 0 spiro atoms. The molecule has 80 valence electrons. The third-order valence-electron chi connectivity index (χ3n) is 3.36. The third-order valence-corrected chi connectivity index (χ3v) is 3.36.